The van der Waals surface area contributed by atoms with Crippen molar-refractivity contribution in [3.05, 3.63) is 12.1 Å². The Balaban J connectivity index is 1.89. The van der Waals surface area contributed by atoms with Gasteiger partial charge in [-0.05, 0) is 31.4 Å². The van der Waals surface area contributed by atoms with Gasteiger partial charge in [-0.25, -0.2) is 4.98 Å². The number of anilines is 3. The van der Waals surface area contributed by atoms with Gasteiger partial charge in [-0.3, -0.25) is 4.79 Å². The number of rotatable bonds is 3. The number of hydrogen-bond donors (Lipinski definition) is 3. The van der Waals surface area contributed by atoms with Crippen LogP contribution >= 0.6 is 0 Å². The third-order valence-corrected chi connectivity index (χ3v) is 4.23. The first kappa shape index (κ1) is 13.9. The molecular formula is C14H21N5O2. The van der Waals surface area contributed by atoms with Crippen LogP contribution in [0.2, 0.25) is 0 Å². The molecule has 3 rings (SSSR count). The number of pyridine rings is 1. The lowest BCUT2D eigenvalue weighted by Crippen LogP contribution is -2.41. The molecule has 0 bridgehead atoms. The minimum Gasteiger partial charge on any atom is -0.396 e. The highest BCUT2D eigenvalue weighted by atomic mass is 16.3. The van der Waals surface area contributed by atoms with E-state index in [4.69, 9.17) is 11.5 Å². The lowest BCUT2D eigenvalue weighted by Gasteiger charge is -2.26. The third-order valence-electron chi connectivity index (χ3n) is 4.23. The first-order chi connectivity index (χ1) is 10.1. The second-order valence-corrected chi connectivity index (χ2v) is 5.72. The zero-order chi connectivity index (χ0) is 15.0. The van der Waals surface area contributed by atoms with Crippen LogP contribution in [0.15, 0.2) is 12.1 Å². The van der Waals surface area contributed by atoms with Crippen molar-refractivity contribution in [1.82, 2.24) is 4.98 Å². The summed E-state index contributed by atoms with van der Waals surface area (Å²) in [5.41, 5.74) is 12.0. The Bertz CT molecular complexity index is 550. The van der Waals surface area contributed by atoms with Gasteiger partial charge in [-0.15, -0.1) is 0 Å². The van der Waals surface area contributed by atoms with E-state index in [0.717, 1.165) is 38.2 Å². The number of primary amides is 1. The molecule has 1 aromatic rings. The van der Waals surface area contributed by atoms with Gasteiger partial charge in [-0.1, -0.05) is 0 Å². The van der Waals surface area contributed by atoms with Crippen molar-refractivity contribution in [3.63, 3.8) is 0 Å². The molecule has 2 fully saturated rings. The van der Waals surface area contributed by atoms with Crippen LogP contribution < -0.4 is 21.3 Å². The Morgan fingerprint density at radius 2 is 2.14 bits per heavy atom. The SMILES string of the molecule is NC(=O)C1CCCN1c1nc(N2CCC(O)C2)ccc1N. The van der Waals surface area contributed by atoms with Crippen LogP contribution in [-0.2, 0) is 4.79 Å². The maximum Gasteiger partial charge on any atom is 0.240 e. The molecular weight excluding hydrogens is 270 g/mol. The van der Waals surface area contributed by atoms with Crippen LogP contribution in [0.1, 0.15) is 19.3 Å². The van der Waals surface area contributed by atoms with Gasteiger partial charge in [0.05, 0.1) is 11.8 Å². The van der Waals surface area contributed by atoms with E-state index >= 15 is 0 Å². The van der Waals surface area contributed by atoms with E-state index in [2.05, 4.69) is 4.98 Å². The number of aliphatic hydroxyl groups excluding tert-OH is 1. The normalized spacial score (nSPS) is 25.6. The molecule has 1 aromatic heterocycles. The molecule has 7 nitrogen and oxygen atoms in total. The van der Waals surface area contributed by atoms with E-state index in [1.807, 2.05) is 15.9 Å². The maximum absolute atomic E-state index is 11.5. The molecule has 114 valence electrons. The summed E-state index contributed by atoms with van der Waals surface area (Å²) in [7, 11) is 0. The highest BCUT2D eigenvalue weighted by Crippen LogP contribution is 2.31. The van der Waals surface area contributed by atoms with Gasteiger partial charge in [0.15, 0.2) is 5.82 Å². The standard InChI is InChI=1S/C14H21N5O2/c15-10-3-4-12(18-7-5-9(20)8-18)17-14(10)19-6-1-2-11(19)13(16)21/h3-4,9,11,20H,1-2,5-8,15H2,(H2,16,21). The van der Waals surface area contributed by atoms with Crippen LogP contribution in [0.3, 0.4) is 0 Å². The summed E-state index contributed by atoms with van der Waals surface area (Å²) in [6, 6.07) is 3.32. The van der Waals surface area contributed by atoms with E-state index in [1.54, 1.807) is 6.07 Å². The topological polar surface area (TPSA) is 109 Å². The number of nitrogens with zero attached hydrogens (tertiary/aromatic N) is 3. The van der Waals surface area contributed by atoms with Gasteiger partial charge in [-0.2, -0.15) is 0 Å². The summed E-state index contributed by atoms with van der Waals surface area (Å²) in [4.78, 5) is 20.1. The van der Waals surface area contributed by atoms with E-state index in [-0.39, 0.29) is 18.1 Å². The predicted octanol–water partition coefficient (Wildman–Crippen LogP) is -0.311. The molecule has 0 saturated carbocycles. The lowest BCUT2D eigenvalue weighted by molar-refractivity contribution is -0.119. The van der Waals surface area contributed by atoms with E-state index < -0.39 is 0 Å². The number of hydrogen-bond acceptors (Lipinski definition) is 6. The molecule has 0 radical (unpaired) electrons. The van der Waals surface area contributed by atoms with E-state index in [0.29, 0.717) is 18.1 Å². The molecule has 2 unspecified atom stereocenters. The smallest absolute Gasteiger partial charge is 0.240 e. The summed E-state index contributed by atoms with van der Waals surface area (Å²) in [6.07, 6.45) is 2.08. The predicted molar refractivity (Wildman–Crippen MR) is 81.0 cm³/mol. The monoisotopic (exact) mass is 291 g/mol. The Kier molecular flexibility index (Phi) is 3.59. The first-order valence-electron chi connectivity index (χ1n) is 7.32. The number of β-amino-alcohol motifs (C(OH)–C–C–N with tert-alkyl or cyclic N) is 1. The molecule has 2 aliphatic rings. The second-order valence-electron chi connectivity index (χ2n) is 5.72. The van der Waals surface area contributed by atoms with Gasteiger partial charge < -0.3 is 26.4 Å². The van der Waals surface area contributed by atoms with Gasteiger partial charge in [0, 0.05) is 19.6 Å². The molecule has 21 heavy (non-hydrogen) atoms. The number of carbonyl (C=O) groups excluding carboxylic acids is 1. The van der Waals surface area contributed by atoms with E-state index in [1.165, 1.54) is 0 Å². The molecule has 7 heteroatoms. The van der Waals surface area contributed by atoms with Crippen molar-refractivity contribution >= 4 is 23.2 Å². The molecule has 3 heterocycles. The summed E-state index contributed by atoms with van der Waals surface area (Å²) < 4.78 is 0. The quantitative estimate of drug-likeness (QED) is 0.705. The third kappa shape index (κ3) is 2.61. The Morgan fingerprint density at radius 3 is 2.81 bits per heavy atom. The number of aromatic nitrogens is 1. The Hall–Kier alpha value is -2.02. The summed E-state index contributed by atoms with van der Waals surface area (Å²) in [6.45, 7) is 2.09. The van der Waals surface area contributed by atoms with Gasteiger partial charge in [0.25, 0.3) is 0 Å². The van der Waals surface area contributed by atoms with Crippen molar-refractivity contribution in [1.29, 1.82) is 0 Å². The van der Waals surface area contributed by atoms with Crippen LogP contribution in [0.5, 0.6) is 0 Å². The zero-order valence-electron chi connectivity index (χ0n) is 11.9. The highest BCUT2D eigenvalue weighted by Gasteiger charge is 2.32. The van der Waals surface area contributed by atoms with Crippen molar-refractivity contribution in [2.75, 3.05) is 35.2 Å². The molecule has 0 aromatic carbocycles. The van der Waals surface area contributed by atoms with Crippen LogP contribution in [0.25, 0.3) is 0 Å². The van der Waals surface area contributed by atoms with Crippen molar-refractivity contribution in [2.45, 2.75) is 31.4 Å². The molecule has 2 aliphatic heterocycles. The number of nitrogen functional groups attached to an aromatic ring is 1. The largest absolute Gasteiger partial charge is 0.396 e. The number of amides is 1. The van der Waals surface area contributed by atoms with E-state index in [9.17, 15) is 9.90 Å². The minimum absolute atomic E-state index is 0.307. The maximum atomic E-state index is 11.5. The van der Waals surface area contributed by atoms with Gasteiger partial charge >= 0.3 is 0 Å². The summed E-state index contributed by atoms with van der Waals surface area (Å²) in [5.74, 6) is 1.07. The van der Waals surface area contributed by atoms with Crippen molar-refractivity contribution in [3.8, 4) is 0 Å². The van der Waals surface area contributed by atoms with Crippen molar-refractivity contribution in [2.24, 2.45) is 5.73 Å². The number of carbonyl (C=O) groups is 1. The Morgan fingerprint density at radius 1 is 1.33 bits per heavy atom. The lowest BCUT2D eigenvalue weighted by atomic mass is 10.2. The van der Waals surface area contributed by atoms with Gasteiger partial charge in [0.2, 0.25) is 5.91 Å². The van der Waals surface area contributed by atoms with Crippen molar-refractivity contribution < 1.29 is 9.90 Å². The summed E-state index contributed by atoms with van der Waals surface area (Å²) in [5, 5.41) is 9.65. The van der Waals surface area contributed by atoms with Crippen LogP contribution in [0.4, 0.5) is 17.3 Å². The molecule has 1 amide bonds. The first-order valence-corrected chi connectivity index (χ1v) is 7.32. The molecule has 0 spiro atoms. The van der Waals surface area contributed by atoms with Crippen LogP contribution in [-0.4, -0.2) is 47.8 Å². The molecule has 5 N–H and O–H groups in total. The van der Waals surface area contributed by atoms with Crippen LogP contribution in [0, 0.1) is 0 Å². The Labute approximate surface area is 123 Å². The second kappa shape index (κ2) is 5.40. The zero-order valence-corrected chi connectivity index (χ0v) is 11.9. The number of nitrogens with two attached hydrogens (primary N) is 2. The number of aliphatic hydroxyl groups is 1. The fraction of sp³-hybridized carbons (Fsp3) is 0.571. The molecule has 0 aliphatic carbocycles. The average Bonchev–Trinajstić information content (AvgIpc) is 3.08. The molecule has 2 atom stereocenters. The summed E-state index contributed by atoms with van der Waals surface area (Å²) >= 11 is 0. The minimum atomic E-state index is -0.337. The average molecular weight is 291 g/mol. The highest BCUT2D eigenvalue weighted by molar-refractivity contribution is 5.85. The molecule has 2 saturated heterocycles. The van der Waals surface area contributed by atoms with Gasteiger partial charge in [0.1, 0.15) is 11.9 Å². The fourth-order valence-corrected chi connectivity index (χ4v) is 3.12. The fourth-order valence-electron chi connectivity index (χ4n) is 3.12.